The second kappa shape index (κ2) is 56.9. The van der Waals surface area contributed by atoms with E-state index in [4.69, 9.17) is 9.47 Å². The number of hydrogen-bond acceptors (Lipinski definition) is 5. The highest BCUT2D eigenvalue weighted by atomic mass is 16.6. The summed E-state index contributed by atoms with van der Waals surface area (Å²) in [5.74, 6) is -0.577. The van der Waals surface area contributed by atoms with Gasteiger partial charge in [0.2, 0.25) is 0 Å². The normalized spacial score (nSPS) is 12.6. The zero-order chi connectivity index (χ0) is 47.7. The van der Waals surface area contributed by atoms with Crippen molar-refractivity contribution in [2.75, 3.05) is 13.2 Å². The van der Waals surface area contributed by atoms with Gasteiger partial charge in [-0.1, -0.05) is 286 Å². The maximum atomic E-state index is 12.3. The lowest BCUT2D eigenvalue weighted by Gasteiger charge is -2.15. The molecule has 0 aliphatic heterocycles. The van der Waals surface area contributed by atoms with Gasteiger partial charge in [-0.25, -0.2) is 0 Å². The van der Waals surface area contributed by atoms with Crippen LogP contribution in [-0.2, 0) is 19.1 Å². The van der Waals surface area contributed by atoms with E-state index in [1.54, 1.807) is 0 Å². The van der Waals surface area contributed by atoms with Crippen molar-refractivity contribution in [2.45, 2.75) is 302 Å². The van der Waals surface area contributed by atoms with Crippen molar-refractivity contribution < 1.29 is 24.2 Å². The highest BCUT2D eigenvalue weighted by Crippen LogP contribution is 2.17. The van der Waals surface area contributed by atoms with Gasteiger partial charge < -0.3 is 14.6 Å². The van der Waals surface area contributed by atoms with E-state index in [9.17, 15) is 14.7 Å². The Labute approximate surface area is 411 Å². The molecule has 0 aliphatic rings. The van der Waals surface area contributed by atoms with E-state index in [1.165, 1.54) is 199 Å². The minimum atomic E-state index is -0.766. The Morgan fingerprint density at radius 3 is 0.985 bits per heavy atom. The first-order valence-electron chi connectivity index (χ1n) is 28.8. The quantitative estimate of drug-likeness (QED) is 0.0374. The van der Waals surface area contributed by atoms with Crippen LogP contribution in [0.25, 0.3) is 0 Å². The fourth-order valence-electron chi connectivity index (χ4n) is 8.53. The maximum absolute atomic E-state index is 12.3. The van der Waals surface area contributed by atoms with Crippen LogP contribution < -0.4 is 0 Å². The monoisotopic (exact) mass is 923 g/mol. The molecule has 0 radical (unpaired) electrons. The third-order valence-corrected chi connectivity index (χ3v) is 12.8. The molecule has 1 unspecified atom stereocenters. The molecule has 384 valence electrons. The predicted molar refractivity (Wildman–Crippen MR) is 288 cm³/mol. The number of hydrogen-bond donors (Lipinski definition) is 1. The topological polar surface area (TPSA) is 72.8 Å². The molecule has 0 amide bonds. The van der Waals surface area contributed by atoms with Crippen LogP contribution in [-0.4, -0.2) is 36.4 Å². The largest absolute Gasteiger partial charge is 0.462 e. The van der Waals surface area contributed by atoms with Gasteiger partial charge in [0.05, 0.1) is 6.61 Å². The molecule has 1 atom stereocenters. The third kappa shape index (κ3) is 54.2. The summed E-state index contributed by atoms with van der Waals surface area (Å²) in [6, 6.07) is 0. The number of rotatable bonds is 53. The molecule has 0 saturated heterocycles. The summed E-state index contributed by atoms with van der Waals surface area (Å²) in [7, 11) is 0. The number of carbonyl (C=O) groups excluding carboxylic acids is 2. The van der Waals surface area contributed by atoms with Crippen molar-refractivity contribution in [2.24, 2.45) is 0 Å². The standard InChI is InChI=1S/C61H110O5/c1-3-5-7-9-11-13-15-16-17-18-19-20-21-22-23-24-25-26-27-28-29-30-31-32-33-34-35-36-37-38-39-40-41-42-43-44-46-48-50-52-54-56-61(64)66-59(57-62)58-65-60(63)55-53-51-49-47-45-14-12-10-8-6-4-2/h5,7,11,13,16-17,19-20,22-23,59,62H,3-4,6,8-10,12,14-15,18,21,24-58H2,1-2H3/b7-5-,13-11-,17-16-,20-19-,23-22-. The van der Waals surface area contributed by atoms with Crippen LogP contribution in [0.2, 0.25) is 0 Å². The molecule has 5 nitrogen and oxygen atoms in total. The molecule has 0 heterocycles. The molecule has 0 spiro atoms. The average Bonchev–Trinajstić information content (AvgIpc) is 3.32. The molecular weight excluding hydrogens is 813 g/mol. The van der Waals surface area contributed by atoms with Gasteiger partial charge in [-0.3, -0.25) is 9.59 Å². The van der Waals surface area contributed by atoms with E-state index in [0.29, 0.717) is 12.8 Å². The molecule has 0 aromatic rings. The summed E-state index contributed by atoms with van der Waals surface area (Å²) in [5.41, 5.74) is 0. The van der Waals surface area contributed by atoms with E-state index < -0.39 is 6.10 Å². The molecule has 5 heteroatoms. The first kappa shape index (κ1) is 63.6. The molecule has 0 aromatic heterocycles. The van der Waals surface area contributed by atoms with E-state index in [2.05, 4.69) is 74.6 Å². The summed E-state index contributed by atoms with van der Waals surface area (Å²) in [5, 5.41) is 9.61. The number of ether oxygens (including phenoxy) is 2. The van der Waals surface area contributed by atoms with Gasteiger partial charge in [-0.05, 0) is 57.8 Å². The predicted octanol–water partition coefficient (Wildman–Crippen LogP) is 19.4. The molecular formula is C61H110O5. The van der Waals surface area contributed by atoms with Gasteiger partial charge in [0.1, 0.15) is 6.61 Å². The Kier molecular flexibility index (Phi) is 54.9. The molecule has 0 saturated carbocycles. The van der Waals surface area contributed by atoms with E-state index >= 15 is 0 Å². The number of allylic oxidation sites excluding steroid dienone is 10. The average molecular weight is 924 g/mol. The summed E-state index contributed by atoms with van der Waals surface area (Å²) in [4.78, 5) is 24.4. The van der Waals surface area contributed by atoms with Crippen molar-refractivity contribution in [1.29, 1.82) is 0 Å². The summed E-state index contributed by atoms with van der Waals surface area (Å²) in [6.45, 7) is 4.04. The molecule has 1 N–H and O–H groups in total. The van der Waals surface area contributed by atoms with E-state index in [-0.39, 0.29) is 25.2 Å². The molecule has 0 aromatic carbocycles. The van der Waals surface area contributed by atoms with Crippen LogP contribution in [0.1, 0.15) is 296 Å². The van der Waals surface area contributed by atoms with Crippen molar-refractivity contribution in [3.05, 3.63) is 60.8 Å². The highest BCUT2D eigenvalue weighted by molar-refractivity contribution is 5.70. The lowest BCUT2D eigenvalue weighted by Crippen LogP contribution is -2.28. The van der Waals surface area contributed by atoms with Crippen molar-refractivity contribution in [3.63, 3.8) is 0 Å². The van der Waals surface area contributed by atoms with Crippen LogP contribution in [0.3, 0.4) is 0 Å². The third-order valence-electron chi connectivity index (χ3n) is 12.8. The Bertz CT molecular complexity index is 1130. The molecule has 66 heavy (non-hydrogen) atoms. The Morgan fingerprint density at radius 1 is 0.364 bits per heavy atom. The molecule has 0 fully saturated rings. The van der Waals surface area contributed by atoms with Gasteiger partial charge in [0.15, 0.2) is 6.10 Å². The number of esters is 2. The minimum Gasteiger partial charge on any atom is -0.462 e. The van der Waals surface area contributed by atoms with Gasteiger partial charge in [-0.2, -0.15) is 0 Å². The minimum absolute atomic E-state index is 0.0602. The SMILES string of the molecule is CC/C=C\C/C=C\C/C=C\C/C=C\C/C=C\CCCCCCCCCCCCCCCCCCCCCCCCCCCC(=O)OC(CO)COC(=O)CCCCCCCCCCCCC. The number of aliphatic hydroxyl groups is 1. The maximum Gasteiger partial charge on any atom is 0.306 e. The van der Waals surface area contributed by atoms with Crippen LogP contribution in [0.5, 0.6) is 0 Å². The molecule has 0 bridgehead atoms. The van der Waals surface area contributed by atoms with Crippen LogP contribution >= 0.6 is 0 Å². The van der Waals surface area contributed by atoms with Gasteiger partial charge in [0.25, 0.3) is 0 Å². The van der Waals surface area contributed by atoms with E-state index in [0.717, 1.165) is 70.6 Å². The second-order valence-corrected chi connectivity index (χ2v) is 19.3. The second-order valence-electron chi connectivity index (χ2n) is 19.3. The first-order valence-corrected chi connectivity index (χ1v) is 28.8. The number of unbranched alkanes of at least 4 members (excludes halogenated alkanes) is 35. The molecule has 0 aliphatic carbocycles. The van der Waals surface area contributed by atoms with Crippen molar-refractivity contribution in [3.8, 4) is 0 Å². The summed E-state index contributed by atoms with van der Waals surface area (Å²) >= 11 is 0. The zero-order valence-corrected chi connectivity index (χ0v) is 44.0. The Balaban J connectivity index is 3.37. The summed E-state index contributed by atoms with van der Waals surface area (Å²) in [6.07, 6.45) is 76.6. The van der Waals surface area contributed by atoms with Gasteiger partial charge >= 0.3 is 11.9 Å². The number of carbonyl (C=O) groups is 2. The molecule has 0 rings (SSSR count). The lowest BCUT2D eigenvalue weighted by molar-refractivity contribution is -0.161. The lowest BCUT2D eigenvalue weighted by atomic mass is 10.0. The fourth-order valence-corrected chi connectivity index (χ4v) is 8.53. The van der Waals surface area contributed by atoms with Crippen LogP contribution in [0.15, 0.2) is 60.8 Å². The smallest absolute Gasteiger partial charge is 0.306 e. The van der Waals surface area contributed by atoms with Crippen LogP contribution in [0, 0.1) is 0 Å². The summed E-state index contributed by atoms with van der Waals surface area (Å²) < 4.78 is 10.7. The van der Waals surface area contributed by atoms with E-state index in [1.807, 2.05) is 0 Å². The van der Waals surface area contributed by atoms with Crippen molar-refractivity contribution >= 4 is 11.9 Å². The van der Waals surface area contributed by atoms with Gasteiger partial charge in [0, 0.05) is 12.8 Å². The zero-order valence-electron chi connectivity index (χ0n) is 44.0. The van der Waals surface area contributed by atoms with Gasteiger partial charge in [-0.15, -0.1) is 0 Å². The number of aliphatic hydroxyl groups excluding tert-OH is 1. The van der Waals surface area contributed by atoms with Crippen LogP contribution in [0.4, 0.5) is 0 Å². The van der Waals surface area contributed by atoms with Crippen molar-refractivity contribution in [1.82, 2.24) is 0 Å². The highest BCUT2D eigenvalue weighted by Gasteiger charge is 2.16. The Hall–Kier alpha value is -2.40. The fraction of sp³-hybridized carbons (Fsp3) is 0.803. The first-order chi connectivity index (χ1) is 32.6. The Morgan fingerprint density at radius 2 is 0.652 bits per heavy atom.